The number of benzene rings is 1. The zero-order valence-corrected chi connectivity index (χ0v) is 18.1. The topological polar surface area (TPSA) is 44.8 Å². The first-order valence-electron chi connectivity index (χ1n) is 11.1. The number of amides is 1. The van der Waals surface area contributed by atoms with E-state index in [0.29, 0.717) is 12.8 Å². The molecule has 4 rings (SSSR count). The average Bonchev–Trinajstić information content (AvgIpc) is 3.12. The highest BCUT2D eigenvalue weighted by molar-refractivity contribution is 5.68. The summed E-state index contributed by atoms with van der Waals surface area (Å²) in [6.07, 6.45) is -13.3. The highest BCUT2D eigenvalue weighted by atomic mass is 19.4. The Balaban J connectivity index is 1.40. The Labute approximate surface area is 188 Å². The molecular weight excluding hydrogens is 452 g/mol. The minimum absolute atomic E-state index is 0.0617. The summed E-state index contributed by atoms with van der Waals surface area (Å²) in [7, 11) is 0. The van der Waals surface area contributed by atoms with Crippen molar-refractivity contribution in [3.05, 3.63) is 34.9 Å². The Hall–Kier alpha value is -2.01. The third-order valence-electron chi connectivity index (χ3n) is 7.11. The summed E-state index contributed by atoms with van der Waals surface area (Å²) in [6.45, 7) is 3.48. The summed E-state index contributed by atoms with van der Waals surface area (Å²) in [5, 5.41) is 3.40. The Morgan fingerprint density at radius 2 is 1.76 bits per heavy atom. The molecule has 0 aliphatic carbocycles. The number of halogens is 6. The molecule has 2 fully saturated rings. The number of hydrogen-bond acceptors (Lipinski definition) is 4. The number of hydrogen-bond donors (Lipinski definition) is 1. The predicted octanol–water partition coefficient (Wildman–Crippen LogP) is 4.39. The van der Waals surface area contributed by atoms with Crippen LogP contribution in [0.1, 0.15) is 42.4 Å². The number of nitrogens with one attached hydrogen (secondary N) is 1. The molecule has 0 unspecified atom stereocenters. The number of carbonyl (C=O) groups excluding carboxylic acids is 1. The average molecular weight is 479 g/mol. The quantitative estimate of drug-likeness (QED) is 0.654. The molecule has 3 aliphatic rings. The van der Waals surface area contributed by atoms with Crippen LogP contribution in [0.4, 0.5) is 31.1 Å². The largest absolute Gasteiger partial charge is 0.434 e. The summed E-state index contributed by atoms with van der Waals surface area (Å²) >= 11 is 0. The van der Waals surface area contributed by atoms with Crippen LogP contribution in [0.25, 0.3) is 0 Å². The summed E-state index contributed by atoms with van der Waals surface area (Å²) in [5.41, 5.74) is 3.66. The van der Waals surface area contributed by atoms with E-state index in [-0.39, 0.29) is 18.6 Å². The molecule has 1 amide bonds. The van der Waals surface area contributed by atoms with Gasteiger partial charge in [0.25, 0.3) is 6.10 Å². The van der Waals surface area contributed by atoms with Crippen LogP contribution in [0, 0.1) is 0 Å². The maximum Gasteiger partial charge on any atom is 0.434 e. The van der Waals surface area contributed by atoms with Crippen molar-refractivity contribution >= 4 is 6.09 Å². The van der Waals surface area contributed by atoms with Gasteiger partial charge >= 0.3 is 18.4 Å². The standard InChI is InChI=1S/C22H27F6N3O2/c23-21(24,25)18(22(26,27)28)33-19(32)30-11-7-20(8-12-30)6-2-10-31(20)14-16-4-1-3-15-5-9-29-13-17(15)16/h1,3-4,18,29H,2,5-14H2. The maximum absolute atomic E-state index is 12.7. The Bertz CT molecular complexity index is 851. The van der Waals surface area contributed by atoms with E-state index in [4.69, 9.17) is 0 Å². The van der Waals surface area contributed by atoms with E-state index in [1.807, 2.05) is 0 Å². The van der Waals surface area contributed by atoms with Gasteiger partial charge in [0.15, 0.2) is 0 Å². The molecule has 11 heteroatoms. The molecule has 184 valence electrons. The van der Waals surface area contributed by atoms with E-state index in [1.54, 1.807) is 0 Å². The minimum Gasteiger partial charge on any atom is -0.426 e. The molecule has 3 heterocycles. The Kier molecular flexibility index (Phi) is 6.56. The van der Waals surface area contributed by atoms with Gasteiger partial charge < -0.3 is 15.0 Å². The van der Waals surface area contributed by atoms with E-state index in [1.165, 1.54) is 16.7 Å². The van der Waals surface area contributed by atoms with Crippen molar-refractivity contribution in [1.29, 1.82) is 0 Å². The highest BCUT2D eigenvalue weighted by Crippen LogP contribution is 2.41. The number of fused-ring (bicyclic) bond motifs is 1. The van der Waals surface area contributed by atoms with E-state index in [2.05, 4.69) is 33.2 Å². The second-order valence-electron chi connectivity index (χ2n) is 9.07. The second-order valence-corrected chi connectivity index (χ2v) is 9.07. The number of nitrogens with zero attached hydrogens (tertiary/aromatic N) is 2. The molecule has 33 heavy (non-hydrogen) atoms. The van der Waals surface area contributed by atoms with Gasteiger partial charge in [-0.15, -0.1) is 0 Å². The van der Waals surface area contributed by atoms with Crippen LogP contribution in [0.5, 0.6) is 0 Å². The molecule has 0 aromatic heterocycles. The molecule has 2 saturated heterocycles. The first-order valence-corrected chi connectivity index (χ1v) is 11.1. The van der Waals surface area contributed by atoms with Crippen molar-refractivity contribution < 1.29 is 35.9 Å². The third kappa shape index (κ3) is 5.08. The molecule has 1 spiro atoms. The first kappa shape index (κ1) is 24.1. The predicted molar refractivity (Wildman–Crippen MR) is 107 cm³/mol. The lowest BCUT2D eigenvalue weighted by atomic mass is 9.84. The van der Waals surface area contributed by atoms with Gasteiger partial charge in [-0.25, -0.2) is 4.79 Å². The van der Waals surface area contributed by atoms with Crippen LogP contribution in [-0.4, -0.2) is 66.1 Å². The number of piperidine rings is 1. The summed E-state index contributed by atoms with van der Waals surface area (Å²) < 4.78 is 80.3. The first-order chi connectivity index (χ1) is 15.5. The number of rotatable bonds is 3. The molecule has 5 nitrogen and oxygen atoms in total. The van der Waals surface area contributed by atoms with Crippen molar-refractivity contribution in [2.24, 2.45) is 0 Å². The van der Waals surface area contributed by atoms with Crippen LogP contribution in [-0.2, 0) is 24.2 Å². The lowest BCUT2D eigenvalue weighted by Crippen LogP contribution is -2.54. The number of alkyl halides is 6. The maximum atomic E-state index is 12.7. The van der Waals surface area contributed by atoms with E-state index in [9.17, 15) is 31.1 Å². The number of ether oxygens (including phenoxy) is 1. The normalized spacial score (nSPS) is 21.5. The summed E-state index contributed by atoms with van der Waals surface area (Å²) in [5.74, 6) is 0. The number of likely N-dealkylation sites (tertiary alicyclic amines) is 2. The number of carbonyl (C=O) groups is 1. The van der Waals surface area contributed by atoms with E-state index >= 15 is 0 Å². The molecule has 3 aliphatic heterocycles. The zero-order chi connectivity index (χ0) is 23.9. The fourth-order valence-corrected chi connectivity index (χ4v) is 5.35. The molecule has 1 aromatic rings. The van der Waals surface area contributed by atoms with Gasteiger partial charge in [-0.1, -0.05) is 18.2 Å². The Morgan fingerprint density at radius 3 is 2.42 bits per heavy atom. The smallest absolute Gasteiger partial charge is 0.426 e. The molecule has 0 radical (unpaired) electrons. The van der Waals surface area contributed by atoms with Gasteiger partial charge in [0, 0.05) is 31.7 Å². The van der Waals surface area contributed by atoms with Crippen molar-refractivity contribution in [3.63, 3.8) is 0 Å². The highest BCUT2D eigenvalue weighted by Gasteiger charge is 2.60. The molecular formula is C22H27F6N3O2. The molecule has 0 bridgehead atoms. The van der Waals surface area contributed by atoms with Gasteiger partial charge in [-0.3, -0.25) is 4.90 Å². The van der Waals surface area contributed by atoms with Gasteiger partial charge in [0.1, 0.15) is 0 Å². The fourth-order valence-electron chi connectivity index (χ4n) is 5.35. The van der Waals surface area contributed by atoms with Crippen LogP contribution in [0.3, 0.4) is 0 Å². The Morgan fingerprint density at radius 1 is 1.06 bits per heavy atom. The third-order valence-corrected chi connectivity index (χ3v) is 7.11. The molecule has 0 saturated carbocycles. The van der Waals surface area contributed by atoms with Gasteiger partial charge in [-0.05, 0) is 61.9 Å². The SMILES string of the molecule is O=C(OC(C(F)(F)F)C(F)(F)F)N1CCC2(CCCN2Cc2cccc3c2CNCC3)CC1. The summed E-state index contributed by atoms with van der Waals surface area (Å²) in [6, 6.07) is 6.30. The van der Waals surface area contributed by atoms with Gasteiger partial charge in [0.05, 0.1) is 0 Å². The van der Waals surface area contributed by atoms with Crippen molar-refractivity contribution in [2.75, 3.05) is 26.2 Å². The van der Waals surface area contributed by atoms with Crippen LogP contribution >= 0.6 is 0 Å². The molecule has 1 N–H and O–H groups in total. The lowest BCUT2D eigenvalue weighted by molar-refractivity contribution is -0.308. The van der Waals surface area contributed by atoms with Crippen molar-refractivity contribution in [1.82, 2.24) is 15.1 Å². The fraction of sp³-hybridized carbons (Fsp3) is 0.682. The monoisotopic (exact) mass is 479 g/mol. The van der Waals surface area contributed by atoms with Gasteiger partial charge in [-0.2, -0.15) is 26.3 Å². The van der Waals surface area contributed by atoms with Crippen molar-refractivity contribution in [3.8, 4) is 0 Å². The second kappa shape index (κ2) is 8.98. The van der Waals surface area contributed by atoms with E-state index < -0.39 is 24.5 Å². The van der Waals surface area contributed by atoms with Crippen LogP contribution < -0.4 is 5.32 Å². The van der Waals surface area contributed by atoms with Crippen molar-refractivity contribution in [2.45, 2.75) is 69.2 Å². The van der Waals surface area contributed by atoms with Crippen LogP contribution in [0.2, 0.25) is 0 Å². The molecule has 1 aromatic carbocycles. The minimum atomic E-state index is -5.71. The van der Waals surface area contributed by atoms with E-state index in [0.717, 1.165) is 50.3 Å². The molecule has 0 atom stereocenters. The zero-order valence-electron chi connectivity index (χ0n) is 18.1. The lowest BCUT2D eigenvalue weighted by Gasteiger charge is -2.45. The summed E-state index contributed by atoms with van der Waals surface area (Å²) in [4.78, 5) is 15.4. The van der Waals surface area contributed by atoms with Crippen LogP contribution in [0.15, 0.2) is 18.2 Å². The van der Waals surface area contributed by atoms with Gasteiger partial charge in [0.2, 0.25) is 0 Å².